The molecule has 0 unspecified atom stereocenters. The molecule has 0 radical (unpaired) electrons. The first-order valence-electron chi connectivity index (χ1n) is 7.44. The number of carbonyl (C=O) groups is 1. The van der Waals surface area contributed by atoms with Crippen molar-refractivity contribution in [2.45, 2.75) is 12.8 Å². The molecule has 0 bridgehead atoms. The molecule has 0 amide bonds. The topological polar surface area (TPSA) is 78.4 Å². The number of rotatable bonds is 4. The van der Waals surface area contributed by atoms with E-state index in [9.17, 15) is 14.3 Å². The first-order valence-corrected chi connectivity index (χ1v) is 7.44. The minimum Gasteiger partial charge on any atom is -0.481 e. The Morgan fingerprint density at radius 3 is 2.83 bits per heavy atom. The Labute approximate surface area is 133 Å². The number of benzene rings is 1. The molecule has 1 aromatic heterocycles. The van der Waals surface area contributed by atoms with E-state index in [4.69, 9.17) is 0 Å². The van der Waals surface area contributed by atoms with E-state index in [0.717, 1.165) is 18.7 Å². The molecule has 0 saturated carbocycles. The fraction of sp³-hybridized carbons (Fsp3) is 0.312. The first kappa shape index (κ1) is 15.2. The van der Waals surface area contributed by atoms with Crippen molar-refractivity contribution in [2.24, 2.45) is 5.92 Å². The lowest BCUT2D eigenvalue weighted by Gasteiger charge is -2.31. The van der Waals surface area contributed by atoms with Gasteiger partial charge in [-0.1, -0.05) is 0 Å². The van der Waals surface area contributed by atoms with Gasteiger partial charge in [0.15, 0.2) is 0 Å². The predicted octanol–water partition coefficient (Wildman–Crippen LogP) is 2.66. The highest BCUT2D eigenvalue weighted by atomic mass is 19.1. The van der Waals surface area contributed by atoms with E-state index in [1.54, 1.807) is 18.2 Å². The largest absolute Gasteiger partial charge is 0.481 e. The van der Waals surface area contributed by atoms with Crippen molar-refractivity contribution in [1.82, 2.24) is 9.97 Å². The molecule has 1 aromatic carbocycles. The van der Waals surface area contributed by atoms with Crippen LogP contribution in [-0.2, 0) is 4.79 Å². The Kier molecular flexibility index (Phi) is 4.36. The van der Waals surface area contributed by atoms with Crippen LogP contribution in [0.15, 0.2) is 36.7 Å². The second-order valence-electron chi connectivity index (χ2n) is 5.52. The average Bonchev–Trinajstić information content (AvgIpc) is 2.57. The summed E-state index contributed by atoms with van der Waals surface area (Å²) in [7, 11) is 0. The summed E-state index contributed by atoms with van der Waals surface area (Å²) in [5.41, 5.74) is 0.720. The molecule has 1 aliphatic heterocycles. The normalized spacial score (nSPS) is 17.8. The zero-order valence-electron chi connectivity index (χ0n) is 12.4. The third-order valence-electron chi connectivity index (χ3n) is 3.86. The van der Waals surface area contributed by atoms with Crippen molar-refractivity contribution in [3.05, 3.63) is 42.5 Å². The Morgan fingerprint density at radius 1 is 1.30 bits per heavy atom. The third-order valence-corrected chi connectivity index (χ3v) is 3.86. The van der Waals surface area contributed by atoms with E-state index in [1.807, 2.05) is 4.90 Å². The van der Waals surface area contributed by atoms with Gasteiger partial charge < -0.3 is 15.3 Å². The lowest BCUT2D eigenvalue weighted by Crippen LogP contribution is -2.39. The maximum Gasteiger partial charge on any atom is 0.308 e. The lowest BCUT2D eigenvalue weighted by molar-refractivity contribution is -0.141. The molecule has 2 heterocycles. The number of anilines is 3. The highest BCUT2D eigenvalue weighted by Gasteiger charge is 2.26. The second-order valence-corrected chi connectivity index (χ2v) is 5.52. The zero-order valence-corrected chi connectivity index (χ0v) is 12.4. The number of hydrogen-bond donors (Lipinski definition) is 2. The predicted molar refractivity (Wildman–Crippen MR) is 84.3 cm³/mol. The van der Waals surface area contributed by atoms with Crippen molar-refractivity contribution in [2.75, 3.05) is 23.3 Å². The van der Waals surface area contributed by atoms with Crippen LogP contribution in [0.1, 0.15) is 12.8 Å². The summed E-state index contributed by atoms with van der Waals surface area (Å²) in [5, 5.41) is 12.3. The van der Waals surface area contributed by atoms with E-state index >= 15 is 0 Å². The minimum absolute atomic E-state index is 0.299. The Bertz CT molecular complexity index is 693. The van der Waals surface area contributed by atoms with Crippen LogP contribution in [0.5, 0.6) is 0 Å². The molecule has 120 valence electrons. The fourth-order valence-corrected chi connectivity index (χ4v) is 2.66. The van der Waals surface area contributed by atoms with Gasteiger partial charge in [-0.15, -0.1) is 0 Å². The molecule has 3 rings (SSSR count). The van der Waals surface area contributed by atoms with Crippen molar-refractivity contribution in [3.63, 3.8) is 0 Å². The van der Waals surface area contributed by atoms with Crippen LogP contribution < -0.4 is 10.2 Å². The number of nitrogens with zero attached hydrogens (tertiary/aromatic N) is 3. The molecular formula is C16H17FN4O2. The number of carboxylic acids is 1. The number of aliphatic carboxylic acids is 1. The molecule has 0 aliphatic carbocycles. The van der Waals surface area contributed by atoms with Crippen LogP contribution in [0.4, 0.5) is 21.7 Å². The van der Waals surface area contributed by atoms with Crippen LogP contribution in [0, 0.1) is 11.7 Å². The summed E-state index contributed by atoms with van der Waals surface area (Å²) in [6.07, 6.45) is 2.95. The number of carboxylic acid groups (broad SMARTS) is 1. The quantitative estimate of drug-likeness (QED) is 0.903. The number of aromatic nitrogens is 2. The molecule has 1 saturated heterocycles. The summed E-state index contributed by atoms with van der Waals surface area (Å²) in [4.78, 5) is 21.5. The van der Waals surface area contributed by atoms with Crippen LogP contribution in [0.25, 0.3) is 0 Å². The summed E-state index contributed by atoms with van der Waals surface area (Å²) in [6.45, 7) is 1.22. The maximum absolute atomic E-state index is 12.9. The summed E-state index contributed by atoms with van der Waals surface area (Å²) in [6, 6.07) is 7.75. The first-order chi connectivity index (χ1) is 11.1. The maximum atomic E-state index is 12.9. The summed E-state index contributed by atoms with van der Waals surface area (Å²) in [5.74, 6) is -0.165. The van der Waals surface area contributed by atoms with Crippen LogP contribution in [0.3, 0.4) is 0 Å². The number of hydrogen-bond acceptors (Lipinski definition) is 5. The van der Waals surface area contributed by atoms with Gasteiger partial charge in [-0.2, -0.15) is 0 Å². The molecule has 2 aromatic rings. The minimum atomic E-state index is -0.770. The fourth-order valence-electron chi connectivity index (χ4n) is 2.66. The van der Waals surface area contributed by atoms with Crippen LogP contribution in [-0.4, -0.2) is 34.1 Å². The molecule has 1 fully saturated rings. The van der Waals surface area contributed by atoms with Crippen LogP contribution in [0.2, 0.25) is 0 Å². The number of halogens is 1. The van der Waals surface area contributed by atoms with Gasteiger partial charge in [0.05, 0.1) is 5.92 Å². The molecule has 23 heavy (non-hydrogen) atoms. The van der Waals surface area contributed by atoms with Crippen LogP contribution >= 0.6 is 0 Å². The van der Waals surface area contributed by atoms with E-state index in [2.05, 4.69) is 15.3 Å². The number of nitrogens with one attached hydrogen (secondary N) is 1. The summed E-state index contributed by atoms with van der Waals surface area (Å²) >= 11 is 0. The number of piperidine rings is 1. The monoisotopic (exact) mass is 316 g/mol. The Balaban J connectivity index is 1.74. The van der Waals surface area contributed by atoms with Gasteiger partial charge >= 0.3 is 5.97 Å². The van der Waals surface area contributed by atoms with Crippen molar-refractivity contribution in [3.8, 4) is 0 Å². The van der Waals surface area contributed by atoms with Gasteiger partial charge in [0, 0.05) is 24.8 Å². The molecular weight excluding hydrogens is 299 g/mol. The molecule has 1 aliphatic rings. The highest BCUT2D eigenvalue weighted by molar-refractivity contribution is 5.71. The standard InChI is InChI=1S/C16H17FN4O2/c17-12-3-5-13(6-4-12)20-14-8-15(19-10-18-14)21-7-1-2-11(9-21)16(22)23/h3-6,8,10-11H,1-2,7,9H2,(H,22,23)(H,18,19,20)/t11-/m0/s1. The van der Waals surface area contributed by atoms with E-state index in [1.165, 1.54) is 18.5 Å². The van der Waals surface area contributed by atoms with Gasteiger partial charge in [0.25, 0.3) is 0 Å². The second kappa shape index (κ2) is 6.60. The van der Waals surface area contributed by atoms with Gasteiger partial charge in [-0.25, -0.2) is 14.4 Å². The third kappa shape index (κ3) is 3.74. The highest BCUT2D eigenvalue weighted by Crippen LogP contribution is 2.24. The van der Waals surface area contributed by atoms with Gasteiger partial charge in [-0.3, -0.25) is 4.79 Å². The van der Waals surface area contributed by atoms with Gasteiger partial charge in [-0.05, 0) is 37.1 Å². The molecule has 7 heteroatoms. The average molecular weight is 316 g/mol. The van der Waals surface area contributed by atoms with Crippen molar-refractivity contribution < 1.29 is 14.3 Å². The molecule has 0 spiro atoms. The molecule has 6 nitrogen and oxygen atoms in total. The Hall–Kier alpha value is -2.70. The van der Waals surface area contributed by atoms with Gasteiger partial charge in [0.2, 0.25) is 0 Å². The lowest BCUT2D eigenvalue weighted by atomic mass is 9.98. The smallest absolute Gasteiger partial charge is 0.308 e. The van der Waals surface area contributed by atoms with Crippen molar-refractivity contribution in [1.29, 1.82) is 0 Å². The van der Waals surface area contributed by atoms with E-state index < -0.39 is 5.97 Å². The molecule has 2 N–H and O–H groups in total. The van der Waals surface area contributed by atoms with Crippen molar-refractivity contribution >= 4 is 23.3 Å². The van der Waals surface area contributed by atoms with E-state index in [0.29, 0.717) is 24.6 Å². The van der Waals surface area contributed by atoms with Gasteiger partial charge in [0.1, 0.15) is 23.8 Å². The zero-order chi connectivity index (χ0) is 16.2. The Morgan fingerprint density at radius 2 is 2.09 bits per heavy atom. The summed E-state index contributed by atoms with van der Waals surface area (Å²) < 4.78 is 12.9. The SMILES string of the molecule is O=C(O)[C@H]1CCCN(c2cc(Nc3ccc(F)cc3)ncn2)C1. The van der Waals surface area contributed by atoms with E-state index in [-0.39, 0.29) is 11.7 Å². The molecule has 1 atom stereocenters.